The molecule has 0 aliphatic carbocycles. The number of amides is 1. The maximum absolute atomic E-state index is 13.5. The molecule has 1 amide bonds. The summed E-state index contributed by atoms with van der Waals surface area (Å²) in [4.78, 5) is 26.5. The quantitative estimate of drug-likeness (QED) is 0.616. The van der Waals surface area contributed by atoms with Crippen molar-refractivity contribution in [2.75, 3.05) is 32.8 Å². The first kappa shape index (κ1) is 21.7. The Morgan fingerprint density at radius 3 is 2.47 bits per heavy atom. The maximum Gasteiger partial charge on any atom is 0.311 e. The van der Waals surface area contributed by atoms with Crippen LogP contribution in [-0.2, 0) is 20.9 Å². The SMILES string of the molecule is COc1cc(OC)c(N2C[C@H](C(=O)OCc3cc(F)ccc3OC)CC2=O)cc1Cl. The van der Waals surface area contributed by atoms with Gasteiger partial charge in [0.15, 0.2) is 0 Å². The number of methoxy groups -OCH3 is 3. The lowest BCUT2D eigenvalue weighted by atomic mass is 10.1. The van der Waals surface area contributed by atoms with E-state index in [9.17, 15) is 14.0 Å². The Kier molecular flexibility index (Phi) is 6.66. The Morgan fingerprint density at radius 1 is 1.10 bits per heavy atom. The van der Waals surface area contributed by atoms with E-state index >= 15 is 0 Å². The third-order valence-electron chi connectivity index (χ3n) is 4.81. The molecule has 0 N–H and O–H groups in total. The van der Waals surface area contributed by atoms with Gasteiger partial charge >= 0.3 is 5.97 Å². The molecule has 2 aromatic carbocycles. The topological polar surface area (TPSA) is 74.3 Å². The second kappa shape index (κ2) is 9.21. The fourth-order valence-corrected chi connectivity index (χ4v) is 3.52. The van der Waals surface area contributed by atoms with E-state index in [1.54, 1.807) is 12.1 Å². The van der Waals surface area contributed by atoms with Gasteiger partial charge in [-0.3, -0.25) is 9.59 Å². The number of hydrogen-bond acceptors (Lipinski definition) is 6. The van der Waals surface area contributed by atoms with Crippen LogP contribution in [-0.4, -0.2) is 39.8 Å². The van der Waals surface area contributed by atoms with Crippen molar-refractivity contribution >= 4 is 29.2 Å². The van der Waals surface area contributed by atoms with Crippen LogP contribution < -0.4 is 19.1 Å². The zero-order valence-corrected chi connectivity index (χ0v) is 17.5. The molecule has 7 nitrogen and oxygen atoms in total. The first-order chi connectivity index (χ1) is 14.4. The van der Waals surface area contributed by atoms with Gasteiger partial charge in [-0.25, -0.2) is 4.39 Å². The molecule has 1 fully saturated rings. The van der Waals surface area contributed by atoms with Crippen molar-refractivity contribution in [3.8, 4) is 17.2 Å². The summed E-state index contributed by atoms with van der Waals surface area (Å²) in [6, 6.07) is 7.09. The molecular weight excluding hydrogens is 417 g/mol. The van der Waals surface area contributed by atoms with Crippen molar-refractivity contribution in [2.45, 2.75) is 13.0 Å². The second-order valence-corrected chi connectivity index (χ2v) is 7.04. The van der Waals surface area contributed by atoms with E-state index in [1.807, 2.05) is 0 Å². The lowest BCUT2D eigenvalue weighted by Gasteiger charge is -2.20. The van der Waals surface area contributed by atoms with E-state index in [4.69, 9.17) is 30.5 Å². The molecule has 1 aliphatic rings. The smallest absolute Gasteiger partial charge is 0.311 e. The van der Waals surface area contributed by atoms with Crippen molar-refractivity contribution in [1.82, 2.24) is 0 Å². The Labute approximate surface area is 178 Å². The molecule has 1 heterocycles. The van der Waals surface area contributed by atoms with Gasteiger partial charge < -0.3 is 23.8 Å². The van der Waals surface area contributed by atoms with E-state index < -0.39 is 17.7 Å². The Bertz CT molecular complexity index is 967. The Balaban J connectivity index is 1.72. The Hall–Kier alpha value is -3.00. The van der Waals surface area contributed by atoms with Crippen LogP contribution >= 0.6 is 11.6 Å². The highest BCUT2D eigenvalue weighted by Gasteiger charge is 2.37. The van der Waals surface area contributed by atoms with Crippen LogP contribution in [0.3, 0.4) is 0 Å². The molecule has 2 aromatic rings. The standard InChI is InChI=1S/C21H21ClFNO6/c1-27-17-5-4-14(23)6-13(17)11-30-21(26)12-7-20(25)24(10-12)16-8-15(22)18(28-2)9-19(16)29-3/h4-6,8-9,12H,7,10-11H2,1-3H3/t12-/m1/s1. The van der Waals surface area contributed by atoms with E-state index in [1.165, 1.54) is 44.4 Å². The highest BCUT2D eigenvalue weighted by molar-refractivity contribution is 6.32. The largest absolute Gasteiger partial charge is 0.496 e. The van der Waals surface area contributed by atoms with Gasteiger partial charge in [0.2, 0.25) is 5.91 Å². The third kappa shape index (κ3) is 4.43. The van der Waals surface area contributed by atoms with E-state index in [2.05, 4.69) is 0 Å². The van der Waals surface area contributed by atoms with E-state index in [0.717, 1.165) is 0 Å². The molecule has 0 unspecified atom stereocenters. The predicted molar refractivity (Wildman–Crippen MR) is 108 cm³/mol. The number of benzene rings is 2. The van der Waals surface area contributed by atoms with Gasteiger partial charge in [0.25, 0.3) is 0 Å². The minimum absolute atomic E-state index is 0.0219. The molecule has 3 rings (SSSR count). The number of nitrogens with zero attached hydrogens (tertiary/aromatic N) is 1. The lowest BCUT2D eigenvalue weighted by Crippen LogP contribution is -2.27. The van der Waals surface area contributed by atoms with E-state index in [0.29, 0.717) is 33.5 Å². The van der Waals surface area contributed by atoms with Gasteiger partial charge in [-0.05, 0) is 24.3 Å². The summed E-state index contributed by atoms with van der Waals surface area (Å²) in [5.74, 6) is -0.760. The molecule has 0 bridgehead atoms. The van der Waals surface area contributed by atoms with Gasteiger partial charge in [-0.2, -0.15) is 0 Å². The van der Waals surface area contributed by atoms with Crippen LogP contribution in [0.2, 0.25) is 5.02 Å². The molecule has 160 valence electrons. The molecule has 1 aliphatic heterocycles. The molecule has 0 saturated carbocycles. The molecule has 1 atom stereocenters. The average molecular weight is 438 g/mol. The van der Waals surface area contributed by atoms with Crippen molar-refractivity contribution < 1.29 is 32.9 Å². The first-order valence-corrected chi connectivity index (χ1v) is 9.46. The number of anilines is 1. The van der Waals surface area contributed by atoms with Gasteiger partial charge in [0.05, 0.1) is 38.0 Å². The highest BCUT2D eigenvalue weighted by atomic mass is 35.5. The van der Waals surface area contributed by atoms with Crippen LogP contribution in [0.25, 0.3) is 0 Å². The number of carbonyl (C=O) groups is 2. The summed E-state index contributed by atoms with van der Waals surface area (Å²) < 4.78 is 34.5. The second-order valence-electron chi connectivity index (χ2n) is 6.63. The van der Waals surface area contributed by atoms with Gasteiger partial charge in [-0.15, -0.1) is 0 Å². The summed E-state index contributed by atoms with van der Waals surface area (Å²) in [6.45, 7) is -0.0564. The number of carbonyl (C=O) groups excluding carboxylic acids is 2. The van der Waals surface area contributed by atoms with Crippen molar-refractivity contribution in [1.29, 1.82) is 0 Å². The summed E-state index contributed by atoms with van der Waals surface area (Å²) in [5, 5.41) is 0.310. The fraction of sp³-hybridized carbons (Fsp3) is 0.333. The predicted octanol–water partition coefficient (Wildman–Crippen LogP) is 3.60. The molecule has 30 heavy (non-hydrogen) atoms. The summed E-state index contributed by atoms with van der Waals surface area (Å²) in [5.41, 5.74) is 0.839. The fourth-order valence-electron chi connectivity index (χ4n) is 3.28. The van der Waals surface area contributed by atoms with Crippen molar-refractivity contribution in [3.05, 3.63) is 46.7 Å². The average Bonchev–Trinajstić information content (AvgIpc) is 3.13. The van der Waals surface area contributed by atoms with Gasteiger partial charge in [0, 0.05) is 24.6 Å². The summed E-state index contributed by atoms with van der Waals surface area (Å²) in [6.07, 6.45) is -0.0219. The molecule has 0 spiro atoms. The number of halogens is 2. The molecular formula is C21H21ClFNO6. The number of hydrogen-bond donors (Lipinski definition) is 0. The third-order valence-corrected chi connectivity index (χ3v) is 5.11. The molecule has 9 heteroatoms. The first-order valence-electron chi connectivity index (χ1n) is 9.08. The number of esters is 1. The van der Waals surface area contributed by atoms with Crippen LogP contribution in [0.5, 0.6) is 17.2 Å². The summed E-state index contributed by atoms with van der Waals surface area (Å²) in [7, 11) is 4.38. The summed E-state index contributed by atoms with van der Waals surface area (Å²) >= 11 is 6.19. The van der Waals surface area contributed by atoms with Crippen LogP contribution in [0.15, 0.2) is 30.3 Å². The molecule has 0 radical (unpaired) electrons. The van der Waals surface area contributed by atoms with Crippen LogP contribution in [0.4, 0.5) is 10.1 Å². The minimum atomic E-state index is -0.678. The van der Waals surface area contributed by atoms with Crippen LogP contribution in [0.1, 0.15) is 12.0 Å². The molecule has 1 saturated heterocycles. The van der Waals surface area contributed by atoms with Gasteiger partial charge in [0.1, 0.15) is 29.7 Å². The van der Waals surface area contributed by atoms with Crippen molar-refractivity contribution in [2.24, 2.45) is 5.92 Å². The number of rotatable bonds is 7. The number of ether oxygens (including phenoxy) is 4. The minimum Gasteiger partial charge on any atom is -0.496 e. The maximum atomic E-state index is 13.5. The zero-order chi connectivity index (χ0) is 21.8. The van der Waals surface area contributed by atoms with Crippen molar-refractivity contribution in [3.63, 3.8) is 0 Å². The normalized spacial score (nSPS) is 15.8. The van der Waals surface area contributed by atoms with Crippen LogP contribution in [0, 0.1) is 11.7 Å². The monoisotopic (exact) mass is 437 g/mol. The van der Waals surface area contributed by atoms with E-state index in [-0.39, 0.29) is 25.5 Å². The molecule has 0 aromatic heterocycles. The Morgan fingerprint density at radius 2 is 1.80 bits per heavy atom. The zero-order valence-electron chi connectivity index (χ0n) is 16.7. The lowest BCUT2D eigenvalue weighted by molar-refractivity contribution is -0.149. The highest BCUT2D eigenvalue weighted by Crippen LogP contribution is 2.40. The van der Waals surface area contributed by atoms with Gasteiger partial charge in [-0.1, -0.05) is 11.6 Å².